The van der Waals surface area contributed by atoms with Gasteiger partial charge in [-0.15, -0.1) is 0 Å². The molecule has 106 valence electrons. The number of hydrogen-bond donors (Lipinski definition) is 3. The molecule has 0 fully saturated rings. The molecular formula is C15H18N2O2S. The molecular weight excluding hydrogens is 272 g/mol. The molecule has 1 aromatic carbocycles. The molecule has 2 amide bonds. The minimum absolute atomic E-state index is 0.188. The normalized spacial score (nSPS) is 11.9. The van der Waals surface area contributed by atoms with Gasteiger partial charge in [-0.25, -0.2) is 4.79 Å². The molecule has 0 aliphatic rings. The first-order chi connectivity index (χ1) is 9.56. The summed E-state index contributed by atoms with van der Waals surface area (Å²) < 4.78 is 0. The highest BCUT2D eigenvalue weighted by Gasteiger charge is 2.09. The molecule has 1 heterocycles. The van der Waals surface area contributed by atoms with Crippen molar-refractivity contribution < 1.29 is 9.90 Å². The highest BCUT2D eigenvalue weighted by atomic mass is 32.1. The fourth-order valence-corrected chi connectivity index (χ4v) is 2.47. The molecule has 3 N–H and O–H groups in total. The predicted molar refractivity (Wildman–Crippen MR) is 82.2 cm³/mol. The first-order valence-corrected chi connectivity index (χ1v) is 7.33. The van der Waals surface area contributed by atoms with Crippen LogP contribution in [0.2, 0.25) is 0 Å². The van der Waals surface area contributed by atoms with E-state index in [9.17, 15) is 9.90 Å². The number of aliphatic hydroxyl groups is 1. The topological polar surface area (TPSA) is 61.4 Å². The fourth-order valence-electron chi connectivity index (χ4n) is 1.77. The molecule has 0 saturated heterocycles. The smallest absolute Gasteiger partial charge is 0.319 e. The number of amides is 2. The van der Waals surface area contributed by atoms with E-state index in [1.165, 1.54) is 16.9 Å². The van der Waals surface area contributed by atoms with E-state index in [0.717, 1.165) is 16.8 Å². The van der Waals surface area contributed by atoms with Crippen LogP contribution in [0.4, 0.5) is 10.5 Å². The van der Waals surface area contributed by atoms with Crippen molar-refractivity contribution in [3.05, 3.63) is 51.7 Å². The second kappa shape index (κ2) is 6.54. The maximum absolute atomic E-state index is 11.8. The number of rotatable bonds is 4. The summed E-state index contributed by atoms with van der Waals surface area (Å²) in [5.41, 5.74) is 3.88. The average molecular weight is 290 g/mol. The number of carbonyl (C=O) groups is 1. The number of aryl methyl sites for hydroxylation is 2. The van der Waals surface area contributed by atoms with Crippen molar-refractivity contribution in [2.75, 3.05) is 11.9 Å². The Morgan fingerprint density at radius 2 is 2.10 bits per heavy atom. The van der Waals surface area contributed by atoms with Crippen molar-refractivity contribution in [1.82, 2.24) is 5.32 Å². The number of urea groups is 1. The maximum atomic E-state index is 11.8. The van der Waals surface area contributed by atoms with Gasteiger partial charge in [0.25, 0.3) is 0 Å². The van der Waals surface area contributed by atoms with Crippen LogP contribution in [0.25, 0.3) is 0 Å². The largest absolute Gasteiger partial charge is 0.387 e. The molecule has 2 rings (SSSR count). The van der Waals surface area contributed by atoms with Crippen molar-refractivity contribution in [3.63, 3.8) is 0 Å². The van der Waals surface area contributed by atoms with Crippen LogP contribution >= 0.6 is 11.3 Å². The monoisotopic (exact) mass is 290 g/mol. The fraction of sp³-hybridized carbons (Fsp3) is 0.267. The summed E-state index contributed by atoms with van der Waals surface area (Å²) in [5.74, 6) is 0. The molecule has 1 aromatic heterocycles. The minimum Gasteiger partial charge on any atom is -0.387 e. The van der Waals surface area contributed by atoms with Gasteiger partial charge in [0.2, 0.25) is 0 Å². The summed E-state index contributed by atoms with van der Waals surface area (Å²) in [7, 11) is 0. The van der Waals surface area contributed by atoms with E-state index in [2.05, 4.69) is 10.6 Å². The van der Waals surface area contributed by atoms with Crippen LogP contribution in [0.1, 0.15) is 22.8 Å². The standard InChI is InChI=1S/C15H18N2O2S/c1-10-3-4-13(7-11(10)2)17-15(19)16-8-14(18)12-5-6-20-9-12/h3-7,9,14,18H,8H2,1-2H3,(H2,16,17,19). The van der Waals surface area contributed by atoms with Crippen LogP contribution in [0, 0.1) is 13.8 Å². The highest BCUT2D eigenvalue weighted by molar-refractivity contribution is 7.07. The highest BCUT2D eigenvalue weighted by Crippen LogP contribution is 2.16. The number of nitrogens with one attached hydrogen (secondary N) is 2. The molecule has 5 heteroatoms. The van der Waals surface area contributed by atoms with Gasteiger partial charge in [0, 0.05) is 12.2 Å². The molecule has 0 aliphatic heterocycles. The van der Waals surface area contributed by atoms with Crippen molar-refractivity contribution >= 4 is 23.1 Å². The Morgan fingerprint density at radius 1 is 1.30 bits per heavy atom. The number of anilines is 1. The van der Waals surface area contributed by atoms with Crippen LogP contribution in [0.3, 0.4) is 0 Å². The van der Waals surface area contributed by atoms with Gasteiger partial charge in [0.05, 0.1) is 6.10 Å². The van der Waals surface area contributed by atoms with Crippen molar-refractivity contribution in [2.24, 2.45) is 0 Å². The summed E-state index contributed by atoms with van der Waals surface area (Å²) in [6, 6.07) is 7.27. The molecule has 0 radical (unpaired) electrons. The average Bonchev–Trinajstić information content (AvgIpc) is 2.94. The molecule has 1 unspecified atom stereocenters. The maximum Gasteiger partial charge on any atom is 0.319 e. The Bertz CT molecular complexity index is 582. The zero-order valence-corrected chi connectivity index (χ0v) is 12.3. The number of aliphatic hydroxyl groups excluding tert-OH is 1. The Kier molecular flexibility index (Phi) is 4.76. The predicted octanol–water partition coefficient (Wildman–Crippen LogP) is 3.22. The van der Waals surface area contributed by atoms with Crippen LogP contribution in [0.5, 0.6) is 0 Å². The van der Waals surface area contributed by atoms with Crippen LogP contribution in [0.15, 0.2) is 35.0 Å². The summed E-state index contributed by atoms with van der Waals surface area (Å²) in [6.45, 7) is 4.21. The second-order valence-corrected chi connectivity index (χ2v) is 5.49. The lowest BCUT2D eigenvalue weighted by molar-refractivity contribution is 0.175. The van der Waals surface area contributed by atoms with Gasteiger partial charge in [0.15, 0.2) is 0 Å². The summed E-state index contributed by atoms with van der Waals surface area (Å²) in [5, 5.41) is 19.0. The molecule has 20 heavy (non-hydrogen) atoms. The Morgan fingerprint density at radius 3 is 2.75 bits per heavy atom. The summed E-state index contributed by atoms with van der Waals surface area (Å²) in [4.78, 5) is 11.8. The Balaban J connectivity index is 1.85. The molecule has 2 aromatic rings. The van der Waals surface area contributed by atoms with Gasteiger partial charge in [0.1, 0.15) is 0 Å². The van der Waals surface area contributed by atoms with Crippen molar-refractivity contribution in [3.8, 4) is 0 Å². The molecule has 4 nitrogen and oxygen atoms in total. The van der Waals surface area contributed by atoms with E-state index in [1.54, 1.807) is 0 Å². The summed E-state index contributed by atoms with van der Waals surface area (Å²) >= 11 is 1.52. The zero-order valence-electron chi connectivity index (χ0n) is 11.5. The first kappa shape index (κ1) is 14.6. The molecule has 0 bridgehead atoms. The van der Waals surface area contributed by atoms with E-state index in [4.69, 9.17) is 0 Å². The van der Waals surface area contributed by atoms with Crippen molar-refractivity contribution in [1.29, 1.82) is 0 Å². The third-order valence-corrected chi connectivity index (χ3v) is 3.85. The van der Waals surface area contributed by atoms with E-state index in [-0.39, 0.29) is 12.6 Å². The molecule has 0 saturated carbocycles. The van der Waals surface area contributed by atoms with Crippen LogP contribution in [-0.2, 0) is 0 Å². The third kappa shape index (κ3) is 3.82. The van der Waals surface area contributed by atoms with Gasteiger partial charge in [-0.3, -0.25) is 0 Å². The molecule has 0 spiro atoms. The van der Waals surface area contributed by atoms with Crippen LogP contribution in [-0.4, -0.2) is 17.7 Å². The van der Waals surface area contributed by atoms with E-state index in [1.807, 2.05) is 48.9 Å². The van der Waals surface area contributed by atoms with Gasteiger partial charge < -0.3 is 15.7 Å². The quantitative estimate of drug-likeness (QED) is 0.809. The number of hydrogen-bond acceptors (Lipinski definition) is 3. The Labute approximate surface area is 122 Å². The van der Waals surface area contributed by atoms with Gasteiger partial charge in [-0.1, -0.05) is 6.07 Å². The zero-order chi connectivity index (χ0) is 14.5. The number of thiophene rings is 1. The first-order valence-electron chi connectivity index (χ1n) is 6.38. The lowest BCUT2D eigenvalue weighted by atomic mass is 10.1. The minimum atomic E-state index is -0.674. The third-order valence-electron chi connectivity index (χ3n) is 3.15. The van der Waals surface area contributed by atoms with Crippen LogP contribution < -0.4 is 10.6 Å². The van der Waals surface area contributed by atoms with Gasteiger partial charge >= 0.3 is 6.03 Å². The lowest BCUT2D eigenvalue weighted by Gasteiger charge is -2.12. The van der Waals surface area contributed by atoms with E-state index < -0.39 is 6.10 Å². The van der Waals surface area contributed by atoms with Gasteiger partial charge in [-0.2, -0.15) is 11.3 Å². The molecule has 1 atom stereocenters. The number of benzene rings is 1. The van der Waals surface area contributed by atoms with E-state index in [0.29, 0.717) is 0 Å². The van der Waals surface area contributed by atoms with Crippen molar-refractivity contribution in [2.45, 2.75) is 20.0 Å². The Hall–Kier alpha value is -1.85. The SMILES string of the molecule is Cc1ccc(NC(=O)NCC(O)c2ccsc2)cc1C. The van der Waals surface area contributed by atoms with Gasteiger partial charge in [-0.05, 0) is 59.5 Å². The number of carbonyl (C=O) groups excluding carboxylic acids is 1. The summed E-state index contributed by atoms with van der Waals surface area (Å²) in [6.07, 6.45) is -0.674. The van der Waals surface area contributed by atoms with E-state index >= 15 is 0 Å². The second-order valence-electron chi connectivity index (χ2n) is 4.71. The molecule has 0 aliphatic carbocycles. The lowest BCUT2D eigenvalue weighted by Crippen LogP contribution is -2.32.